The van der Waals surface area contributed by atoms with Crippen LogP contribution in [0.1, 0.15) is 63.7 Å². The van der Waals surface area contributed by atoms with Crippen molar-refractivity contribution in [3.05, 3.63) is 43.8 Å². The van der Waals surface area contributed by atoms with Crippen molar-refractivity contribution >= 4 is 39.0 Å². The molecule has 1 fully saturated rings. The molecule has 150 valence electrons. The molecule has 0 amide bonds. The number of ketones is 1. The molecule has 1 N–H and O–H groups in total. The quantitative estimate of drug-likeness (QED) is 0.604. The Morgan fingerprint density at radius 1 is 1.25 bits per heavy atom. The number of esters is 1. The molecule has 2 atom stereocenters. The number of thiophene rings is 1. The van der Waals surface area contributed by atoms with Gasteiger partial charge in [0.05, 0.1) is 15.3 Å². The van der Waals surface area contributed by atoms with Gasteiger partial charge in [0.1, 0.15) is 11.9 Å². The Hall–Kier alpha value is -1.40. The van der Waals surface area contributed by atoms with Gasteiger partial charge in [-0.05, 0) is 66.1 Å². The van der Waals surface area contributed by atoms with E-state index in [2.05, 4.69) is 41.2 Å². The normalized spacial score (nSPS) is 27.3. The molecule has 0 aromatic carbocycles. The number of carbonyl (C=O) groups is 2. The molecule has 0 bridgehead atoms. The van der Waals surface area contributed by atoms with Crippen LogP contribution in [0.5, 0.6) is 0 Å². The first-order valence-corrected chi connectivity index (χ1v) is 11.6. The highest BCUT2D eigenvalue weighted by atomic mass is 79.9. The second kappa shape index (κ2) is 7.45. The lowest BCUT2D eigenvalue weighted by atomic mass is 9.68. The number of ether oxygens (including phenoxy) is 1. The van der Waals surface area contributed by atoms with E-state index in [0.717, 1.165) is 45.7 Å². The number of halogens is 1. The molecular formula is C22H26BrNO3S. The lowest BCUT2D eigenvalue weighted by molar-refractivity contribution is -0.144. The van der Waals surface area contributed by atoms with E-state index >= 15 is 0 Å². The Kier molecular flexibility index (Phi) is 5.29. The van der Waals surface area contributed by atoms with Gasteiger partial charge in [-0.15, -0.1) is 11.3 Å². The zero-order valence-corrected chi connectivity index (χ0v) is 18.9. The standard InChI is InChI=1S/C22H26BrNO3S/c1-12-18(21(26)27-13-6-4-5-7-13)20(16-8-9-17(23)28-16)19-14(24-12)10-22(2,3)11-15(19)25/h8-10,13,19-20,24H,4-7,11H2,1-3H3. The van der Waals surface area contributed by atoms with Gasteiger partial charge in [-0.2, -0.15) is 0 Å². The van der Waals surface area contributed by atoms with Crippen LogP contribution in [-0.4, -0.2) is 17.9 Å². The Morgan fingerprint density at radius 2 is 1.96 bits per heavy atom. The smallest absolute Gasteiger partial charge is 0.336 e. The molecule has 0 radical (unpaired) electrons. The number of carbonyl (C=O) groups excluding carboxylic acids is 2. The van der Waals surface area contributed by atoms with E-state index in [1.165, 1.54) is 0 Å². The van der Waals surface area contributed by atoms with Gasteiger partial charge in [-0.3, -0.25) is 4.79 Å². The highest BCUT2D eigenvalue weighted by molar-refractivity contribution is 9.11. The maximum absolute atomic E-state index is 13.2. The first kappa shape index (κ1) is 19.9. The number of fused-ring (bicyclic) bond motifs is 1. The van der Waals surface area contributed by atoms with E-state index in [1.807, 2.05) is 19.1 Å². The van der Waals surface area contributed by atoms with Crippen molar-refractivity contribution in [3.8, 4) is 0 Å². The van der Waals surface area contributed by atoms with Gasteiger partial charge in [0, 0.05) is 28.6 Å². The SMILES string of the molecule is CC1=C(C(=O)OC2CCCC2)C(c2ccc(Br)s2)C2C(=O)CC(C)(C)C=C2N1. The van der Waals surface area contributed by atoms with Crippen LogP contribution in [0.2, 0.25) is 0 Å². The lowest BCUT2D eigenvalue weighted by Gasteiger charge is -2.41. The summed E-state index contributed by atoms with van der Waals surface area (Å²) in [6.45, 7) is 6.08. The first-order chi connectivity index (χ1) is 13.2. The van der Waals surface area contributed by atoms with Crippen LogP contribution in [0.25, 0.3) is 0 Å². The summed E-state index contributed by atoms with van der Waals surface area (Å²) in [4.78, 5) is 27.4. The molecule has 1 aliphatic heterocycles. The van der Waals surface area contributed by atoms with E-state index in [0.29, 0.717) is 12.0 Å². The van der Waals surface area contributed by atoms with Gasteiger partial charge in [0.2, 0.25) is 0 Å². The fourth-order valence-electron chi connectivity index (χ4n) is 4.76. The number of hydrogen-bond donors (Lipinski definition) is 1. The van der Waals surface area contributed by atoms with Gasteiger partial charge in [0.25, 0.3) is 0 Å². The molecule has 2 heterocycles. The Labute approximate surface area is 178 Å². The summed E-state index contributed by atoms with van der Waals surface area (Å²) in [7, 11) is 0. The molecule has 4 rings (SSSR count). The fourth-order valence-corrected chi connectivity index (χ4v) is 6.33. The number of nitrogens with one attached hydrogen (secondary N) is 1. The molecule has 3 aliphatic rings. The molecular weight excluding hydrogens is 438 g/mol. The summed E-state index contributed by atoms with van der Waals surface area (Å²) in [5.74, 6) is -0.735. The van der Waals surface area contributed by atoms with Crippen molar-refractivity contribution in [1.29, 1.82) is 0 Å². The molecule has 0 saturated heterocycles. The Morgan fingerprint density at radius 3 is 2.61 bits per heavy atom. The number of Topliss-reactive ketones (excluding diaryl/α,β-unsaturated/α-hetero) is 1. The van der Waals surface area contributed by atoms with Gasteiger partial charge < -0.3 is 10.1 Å². The van der Waals surface area contributed by atoms with Gasteiger partial charge in [0.15, 0.2) is 0 Å². The molecule has 4 nitrogen and oxygen atoms in total. The minimum Gasteiger partial charge on any atom is -0.459 e. The van der Waals surface area contributed by atoms with Crippen LogP contribution >= 0.6 is 27.3 Å². The van der Waals surface area contributed by atoms with Crippen LogP contribution in [-0.2, 0) is 14.3 Å². The minimum absolute atomic E-state index is 0.00134. The third-order valence-corrected chi connectivity index (χ3v) is 7.64. The van der Waals surface area contributed by atoms with Crippen LogP contribution in [0.4, 0.5) is 0 Å². The predicted molar refractivity (Wildman–Crippen MR) is 114 cm³/mol. The lowest BCUT2D eigenvalue weighted by Crippen LogP contribution is -2.43. The van der Waals surface area contributed by atoms with Crippen LogP contribution in [0, 0.1) is 11.3 Å². The summed E-state index contributed by atoms with van der Waals surface area (Å²) >= 11 is 5.12. The van der Waals surface area contributed by atoms with Crippen LogP contribution in [0.15, 0.2) is 39.0 Å². The summed E-state index contributed by atoms with van der Waals surface area (Å²) in [6, 6.07) is 4.00. The average Bonchev–Trinajstić information content (AvgIpc) is 3.23. The van der Waals surface area contributed by atoms with E-state index in [-0.39, 0.29) is 35.1 Å². The van der Waals surface area contributed by atoms with Crippen molar-refractivity contribution in [2.45, 2.75) is 64.9 Å². The minimum atomic E-state index is -0.353. The van der Waals surface area contributed by atoms with Crippen molar-refractivity contribution in [2.75, 3.05) is 0 Å². The van der Waals surface area contributed by atoms with Gasteiger partial charge in [-0.1, -0.05) is 19.9 Å². The van der Waals surface area contributed by atoms with Gasteiger partial charge >= 0.3 is 5.97 Å². The highest BCUT2D eigenvalue weighted by Crippen LogP contribution is 2.49. The second-order valence-corrected chi connectivity index (χ2v) is 11.3. The molecule has 2 aliphatic carbocycles. The molecule has 6 heteroatoms. The monoisotopic (exact) mass is 463 g/mol. The number of hydrogen-bond acceptors (Lipinski definition) is 5. The zero-order valence-electron chi connectivity index (χ0n) is 16.5. The van der Waals surface area contributed by atoms with E-state index in [9.17, 15) is 9.59 Å². The van der Waals surface area contributed by atoms with Gasteiger partial charge in [-0.25, -0.2) is 4.79 Å². The summed E-state index contributed by atoms with van der Waals surface area (Å²) < 4.78 is 6.86. The maximum atomic E-state index is 13.2. The fraction of sp³-hybridized carbons (Fsp3) is 0.545. The van der Waals surface area contributed by atoms with Crippen molar-refractivity contribution in [1.82, 2.24) is 5.32 Å². The third kappa shape index (κ3) is 3.73. The van der Waals surface area contributed by atoms with Crippen molar-refractivity contribution < 1.29 is 14.3 Å². The number of allylic oxidation sites excluding steroid dienone is 3. The third-order valence-electron chi connectivity index (χ3n) is 5.93. The summed E-state index contributed by atoms with van der Waals surface area (Å²) in [5.41, 5.74) is 2.14. The highest BCUT2D eigenvalue weighted by Gasteiger charge is 2.47. The predicted octanol–water partition coefficient (Wildman–Crippen LogP) is 5.46. The molecule has 0 spiro atoms. The van der Waals surface area contributed by atoms with Crippen molar-refractivity contribution in [2.24, 2.45) is 11.3 Å². The van der Waals surface area contributed by atoms with Crippen LogP contribution < -0.4 is 5.32 Å². The summed E-state index contributed by atoms with van der Waals surface area (Å²) in [5, 5.41) is 3.38. The Balaban J connectivity index is 1.78. The molecule has 28 heavy (non-hydrogen) atoms. The Bertz CT molecular complexity index is 876. The second-order valence-electron chi connectivity index (χ2n) is 8.80. The van der Waals surface area contributed by atoms with Crippen LogP contribution in [0.3, 0.4) is 0 Å². The van der Waals surface area contributed by atoms with E-state index < -0.39 is 0 Å². The molecule has 1 aromatic heterocycles. The van der Waals surface area contributed by atoms with E-state index in [1.54, 1.807) is 11.3 Å². The molecule has 1 saturated carbocycles. The average molecular weight is 464 g/mol. The van der Waals surface area contributed by atoms with Crippen molar-refractivity contribution in [3.63, 3.8) is 0 Å². The molecule has 2 unspecified atom stereocenters. The molecule has 1 aromatic rings. The summed E-state index contributed by atoms with van der Waals surface area (Å²) in [6.07, 6.45) is 6.73. The largest absolute Gasteiger partial charge is 0.459 e. The van der Waals surface area contributed by atoms with E-state index in [4.69, 9.17) is 4.74 Å². The zero-order chi connectivity index (χ0) is 20.1. The maximum Gasteiger partial charge on any atom is 0.336 e. The number of rotatable bonds is 3. The topological polar surface area (TPSA) is 55.4 Å². The first-order valence-electron chi connectivity index (χ1n) is 9.94.